The highest BCUT2D eigenvalue weighted by molar-refractivity contribution is 7.13. The fraction of sp³-hybridized carbons (Fsp3) is 0.667. The number of thiazole rings is 1. The van der Waals surface area contributed by atoms with Crippen LogP contribution in [0.2, 0.25) is 0 Å². The van der Waals surface area contributed by atoms with E-state index in [0.717, 1.165) is 11.6 Å². The number of rotatable bonds is 6. The fourth-order valence-corrected chi connectivity index (χ4v) is 2.11. The van der Waals surface area contributed by atoms with E-state index in [-0.39, 0.29) is 5.97 Å². The van der Waals surface area contributed by atoms with Crippen LogP contribution in [0, 0.1) is 5.92 Å². The maximum Gasteiger partial charge on any atom is 0.357 e. The first kappa shape index (κ1) is 14.0. The third kappa shape index (κ3) is 4.00. The van der Waals surface area contributed by atoms with E-state index in [1.54, 1.807) is 12.3 Å². The minimum atomic E-state index is -0.354. The molecule has 0 aliphatic carbocycles. The number of hydrogen-bond acceptors (Lipinski definition) is 5. The summed E-state index contributed by atoms with van der Waals surface area (Å²) in [6.07, 6.45) is 1.12. The van der Waals surface area contributed by atoms with Crippen LogP contribution in [0.1, 0.15) is 44.6 Å². The third-order valence-corrected chi connectivity index (χ3v) is 3.61. The molecule has 0 fully saturated rings. The van der Waals surface area contributed by atoms with Crippen molar-refractivity contribution in [1.29, 1.82) is 0 Å². The molecule has 1 aromatic heterocycles. The lowest BCUT2D eigenvalue weighted by atomic mass is 10.0. The van der Waals surface area contributed by atoms with Crippen LogP contribution < -0.4 is 5.32 Å². The summed E-state index contributed by atoms with van der Waals surface area (Å²) >= 11 is 1.44. The number of carbonyl (C=O) groups excluding carboxylic acids is 1. The van der Waals surface area contributed by atoms with Crippen LogP contribution in [0.5, 0.6) is 0 Å². The van der Waals surface area contributed by atoms with Gasteiger partial charge in [0.15, 0.2) is 10.8 Å². The highest BCUT2D eigenvalue weighted by atomic mass is 32.1. The van der Waals surface area contributed by atoms with E-state index in [1.165, 1.54) is 11.3 Å². The van der Waals surface area contributed by atoms with Crippen LogP contribution in [-0.4, -0.2) is 23.6 Å². The van der Waals surface area contributed by atoms with Crippen molar-refractivity contribution in [3.8, 4) is 0 Å². The van der Waals surface area contributed by atoms with Crippen molar-refractivity contribution >= 4 is 22.4 Å². The van der Waals surface area contributed by atoms with Crippen molar-refractivity contribution in [3.63, 3.8) is 0 Å². The first-order valence-corrected chi connectivity index (χ1v) is 6.85. The summed E-state index contributed by atoms with van der Waals surface area (Å²) in [6.45, 7) is 8.64. The summed E-state index contributed by atoms with van der Waals surface area (Å²) in [7, 11) is 0. The van der Waals surface area contributed by atoms with Crippen molar-refractivity contribution in [1.82, 2.24) is 4.98 Å². The molecule has 1 rings (SSSR count). The Morgan fingerprint density at radius 1 is 1.53 bits per heavy atom. The molecule has 0 bridgehead atoms. The molecule has 5 heteroatoms. The maximum absolute atomic E-state index is 11.4. The lowest BCUT2D eigenvalue weighted by Gasteiger charge is -2.18. The van der Waals surface area contributed by atoms with Gasteiger partial charge in [0.1, 0.15) is 0 Å². The molecule has 0 spiro atoms. The molecule has 2 unspecified atom stereocenters. The normalized spacial score (nSPS) is 14.1. The predicted octanol–water partition coefficient (Wildman–Crippen LogP) is 3.17. The van der Waals surface area contributed by atoms with Gasteiger partial charge in [-0.25, -0.2) is 9.78 Å². The monoisotopic (exact) mass is 256 g/mol. The first-order chi connectivity index (χ1) is 8.08. The Labute approximate surface area is 106 Å². The van der Waals surface area contributed by atoms with Crippen LogP contribution in [-0.2, 0) is 4.74 Å². The maximum atomic E-state index is 11.4. The van der Waals surface area contributed by atoms with Crippen LogP contribution >= 0.6 is 11.3 Å². The Bertz CT molecular complexity index is 365. The average molecular weight is 256 g/mol. The van der Waals surface area contributed by atoms with Crippen molar-refractivity contribution in [2.24, 2.45) is 5.92 Å². The molecule has 1 N–H and O–H groups in total. The minimum Gasteiger partial charge on any atom is -0.461 e. The topological polar surface area (TPSA) is 51.2 Å². The Kier molecular flexibility index (Phi) is 5.41. The third-order valence-electron chi connectivity index (χ3n) is 2.84. The van der Waals surface area contributed by atoms with Gasteiger partial charge in [-0.3, -0.25) is 0 Å². The number of nitrogens with zero attached hydrogens (tertiary/aromatic N) is 1. The Morgan fingerprint density at radius 3 is 2.82 bits per heavy atom. The van der Waals surface area contributed by atoms with Gasteiger partial charge in [0.2, 0.25) is 0 Å². The van der Waals surface area contributed by atoms with Gasteiger partial charge in [-0.15, -0.1) is 11.3 Å². The molecular weight excluding hydrogens is 236 g/mol. The number of carbonyl (C=O) groups is 1. The van der Waals surface area contributed by atoms with Crippen molar-refractivity contribution in [2.75, 3.05) is 11.9 Å². The van der Waals surface area contributed by atoms with E-state index >= 15 is 0 Å². The zero-order chi connectivity index (χ0) is 12.8. The van der Waals surface area contributed by atoms with E-state index in [2.05, 4.69) is 31.1 Å². The summed E-state index contributed by atoms with van der Waals surface area (Å²) in [5.41, 5.74) is 0.385. The molecule has 2 atom stereocenters. The molecule has 1 heterocycles. The highest BCUT2D eigenvalue weighted by Gasteiger charge is 2.14. The molecule has 17 heavy (non-hydrogen) atoms. The molecule has 1 aromatic rings. The molecule has 96 valence electrons. The molecule has 4 nitrogen and oxygen atoms in total. The Morgan fingerprint density at radius 2 is 2.24 bits per heavy atom. The number of nitrogens with one attached hydrogen (secondary N) is 1. The quantitative estimate of drug-likeness (QED) is 0.794. The SMILES string of the molecule is CCOC(=O)c1csc(NC(C)C(C)CC)n1. The van der Waals surface area contributed by atoms with E-state index in [0.29, 0.717) is 24.3 Å². The van der Waals surface area contributed by atoms with E-state index < -0.39 is 0 Å². The van der Waals surface area contributed by atoms with E-state index in [4.69, 9.17) is 4.74 Å². The highest BCUT2D eigenvalue weighted by Crippen LogP contribution is 2.19. The largest absolute Gasteiger partial charge is 0.461 e. The molecular formula is C12H20N2O2S. The molecule has 0 aliphatic rings. The van der Waals surface area contributed by atoms with Gasteiger partial charge in [-0.2, -0.15) is 0 Å². The number of ether oxygens (including phenoxy) is 1. The second kappa shape index (κ2) is 6.59. The Balaban J connectivity index is 2.59. The van der Waals surface area contributed by atoms with Gasteiger partial charge >= 0.3 is 5.97 Å². The van der Waals surface area contributed by atoms with Crippen molar-refractivity contribution in [3.05, 3.63) is 11.1 Å². The minimum absolute atomic E-state index is 0.348. The average Bonchev–Trinajstić information content (AvgIpc) is 2.76. The van der Waals surface area contributed by atoms with Crippen LogP contribution in [0.3, 0.4) is 0 Å². The van der Waals surface area contributed by atoms with Crippen LogP contribution in [0.4, 0.5) is 5.13 Å². The molecule has 0 aliphatic heterocycles. The standard InChI is InChI=1S/C12H20N2O2S/c1-5-8(3)9(4)13-12-14-10(7-17-12)11(15)16-6-2/h7-9H,5-6H2,1-4H3,(H,13,14). The van der Waals surface area contributed by atoms with Crippen LogP contribution in [0.15, 0.2) is 5.38 Å². The molecule has 0 amide bonds. The number of anilines is 1. The van der Waals surface area contributed by atoms with Gasteiger partial charge in [-0.05, 0) is 19.8 Å². The molecule has 0 aromatic carbocycles. The zero-order valence-electron chi connectivity index (χ0n) is 10.8. The molecule has 0 saturated heterocycles. The summed E-state index contributed by atoms with van der Waals surface area (Å²) in [4.78, 5) is 15.6. The number of esters is 1. The second-order valence-corrected chi connectivity index (χ2v) is 4.94. The molecule has 0 saturated carbocycles. The summed E-state index contributed by atoms with van der Waals surface area (Å²) in [5.74, 6) is 0.220. The lowest BCUT2D eigenvalue weighted by Crippen LogP contribution is -2.23. The lowest BCUT2D eigenvalue weighted by molar-refractivity contribution is 0.0520. The van der Waals surface area contributed by atoms with Gasteiger partial charge in [-0.1, -0.05) is 20.3 Å². The van der Waals surface area contributed by atoms with E-state index in [1.807, 2.05) is 0 Å². The fourth-order valence-electron chi connectivity index (χ4n) is 1.33. The summed E-state index contributed by atoms with van der Waals surface area (Å²) in [5, 5.41) is 5.81. The summed E-state index contributed by atoms with van der Waals surface area (Å²) in [6, 6.07) is 0.348. The predicted molar refractivity (Wildman–Crippen MR) is 70.6 cm³/mol. The van der Waals surface area contributed by atoms with Gasteiger partial charge in [0.25, 0.3) is 0 Å². The Hall–Kier alpha value is -1.10. The second-order valence-electron chi connectivity index (χ2n) is 4.08. The van der Waals surface area contributed by atoms with Crippen molar-refractivity contribution < 1.29 is 9.53 Å². The molecule has 0 radical (unpaired) electrons. The zero-order valence-corrected chi connectivity index (χ0v) is 11.6. The van der Waals surface area contributed by atoms with Gasteiger partial charge < -0.3 is 10.1 Å². The number of hydrogen-bond donors (Lipinski definition) is 1. The van der Waals surface area contributed by atoms with Crippen LogP contribution in [0.25, 0.3) is 0 Å². The summed E-state index contributed by atoms with van der Waals surface area (Å²) < 4.78 is 4.89. The van der Waals surface area contributed by atoms with E-state index in [9.17, 15) is 4.79 Å². The van der Waals surface area contributed by atoms with Gasteiger partial charge in [0, 0.05) is 11.4 Å². The van der Waals surface area contributed by atoms with Crippen molar-refractivity contribution in [2.45, 2.75) is 40.2 Å². The number of aromatic nitrogens is 1. The first-order valence-electron chi connectivity index (χ1n) is 5.97. The smallest absolute Gasteiger partial charge is 0.357 e. The van der Waals surface area contributed by atoms with Gasteiger partial charge in [0.05, 0.1) is 6.61 Å².